The van der Waals surface area contributed by atoms with Crippen LogP contribution in [0.3, 0.4) is 0 Å². The van der Waals surface area contributed by atoms with E-state index in [0.29, 0.717) is 37.4 Å². The Morgan fingerprint density at radius 2 is 1.70 bits per heavy atom. The summed E-state index contributed by atoms with van der Waals surface area (Å²) in [5, 5.41) is 9.53. The third-order valence-corrected chi connectivity index (χ3v) is 9.46. The summed E-state index contributed by atoms with van der Waals surface area (Å²) in [6.45, 7) is 22.8. The van der Waals surface area contributed by atoms with E-state index >= 15 is 0 Å². The molecule has 0 aromatic heterocycles. The first-order valence-electron chi connectivity index (χ1n) is 16.7. The molecule has 1 N–H and O–H groups in total. The molecule has 0 unspecified atom stereocenters. The minimum atomic E-state index is -0.942. The molecule has 43 heavy (non-hydrogen) atoms. The maximum atomic E-state index is 14.6. The SMILES string of the molecule is CCN(CCOCCCC(C)C)C1=NC2(CCC(C(C)(C)C)CC2)N([C@H](CCC(C)(C)C)c2ccc(C(=O)O)cc2)C1=O. The van der Waals surface area contributed by atoms with Crippen molar-refractivity contribution in [3.05, 3.63) is 35.4 Å². The second kappa shape index (κ2) is 14.6. The van der Waals surface area contributed by atoms with Gasteiger partial charge in [0.15, 0.2) is 5.84 Å². The van der Waals surface area contributed by atoms with Crippen molar-refractivity contribution in [1.82, 2.24) is 9.80 Å². The number of benzene rings is 1. The second-order valence-electron chi connectivity index (χ2n) is 15.5. The molecule has 1 fully saturated rings. The lowest BCUT2D eigenvalue weighted by atomic mass is 9.69. The maximum absolute atomic E-state index is 14.6. The van der Waals surface area contributed by atoms with Gasteiger partial charge in [0.2, 0.25) is 0 Å². The molecule has 1 aromatic rings. The van der Waals surface area contributed by atoms with Crippen LogP contribution in [0, 0.1) is 22.7 Å². The van der Waals surface area contributed by atoms with Gasteiger partial charge in [0.25, 0.3) is 5.91 Å². The number of hydrogen-bond donors (Lipinski definition) is 1. The van der Waals surface area contributed by atoms with E-state index in [9.17, 15) is 14.7 Å². The third kappa shape index (κ3) is 9.29. The topological polar surface area (TPSA) is 82.4 Å². The number of amides is 1. The van der Waals surface area contributed by atoms with Crippen LogP contribution in [0.5, 0.6) is 0 Å². The largest absolute Gasteiger partial charge is 0.478 e. The van der Waals surface area contributed by atoms with Crippen LogP contribution in [0.2, 0.25) is 0 Å². The summed E-state index contributed by atoms with van der Waals surface area (Å²) in [6, 6.07) is 6.95. The molecule has 1 aromatic carbocycles. The van der Waals surface area contributed by atoms with Gasteiger partial charge in [-0.15, -0.1) is 0 Å². The Bertz CT molecular complexity index is 1090. The van der Waals surface area contributed by atoms with Crippen LogP contribution in [-0.2, 0) is 9.53 Å². The highest BCUT2D eigenvalue weighted by atomic mass is 16.5. The smallest absolute Gasteiger partial charge is 0.335 e. The number of carbonyl (C=O) groups excluding carboxylic acids is 1. The van der Waals surface area contributed by atoms with Crippen molar-refractivity contribution >= 4 is 17.7 Å². The highest BCUT2D eigenvalue weighted by Crippen LogP contribution is 2.50. The van der Waals surface area contributed by atoms with Gasteiger partial charge in [-0.3, -0.25) is 4.79 Å². The van der Waals surface area contributed by atoms with Crippen LogP contribution in [-0.4, -0.2) is 64.6 Å². The molecule has 1 atom stereocenters. The first-order valence-corrected chi connectivity index (χ1v) is 16.7. The monoisotopic (exact) mass is 597 g/mol. The van der Waals surface area contributed by atoms with Gasteiger partial charge in [-0.1, -0.05) is 67.5 Å². The minimum absolute atomic E-state index is 0.00270. The molecule has 7 heteroatoms. The molecule has 1 amide bonds. The molecule has 242 valence electrons. The fraction of sp³-hybridized carbons (Fsp3) is 0.750. The molecule has 1 heterocycles. The number of hydrogen-bond acceptors (Lipinski definition) is 5. The Morgan fingerprint density at radius 1 is 1.07 bits per heavy atom. The molecule has 2 aliphatic rings. The number of rotatable bonds is 13. The van der Waals surface area contributed by atoms with Crippen LogP contribution in [0.15, 0.2) is 29.3 Å². The van der Waals surface area contributed by atoms with E-state index in [-0.39, 0.29) is 28.3 Å². The summed E-state index contributed by atoms with van der Waals surface area (Å²) < 4.78 is 5.98. The quantitative estimate of drug-likeness (QED) is 0.232. The van der Waals surface area contributed by atoms with E-state index < -0.39 is 11.6 Å². The number of aliphatic imine (C=N–C) groups is 1. The molecule has 1 aliphatic carbocycles. The van der Waals surface area contributed by atoms with Crippen molar-refractivity contribution in [3.63, 3.8) is 0 Å². The Balaban J connectivity index is 1.96. The van der Waals surface area contributed by atoms with E-state index in [4.69, 9.17) is 9.73 Å². The molecule has 3 rings (SSSR count). The lowest BCUT2D eigenvalue weighted by Gasteiger charge is -2.47. The number of carboxylic acids is 1. The van der Waals surface area contributed by atoms with Crippen molar-refractivity contribution in [1.29, 1.82) is 0 Å². The Morgan fingerprint density at radius 3 is 2.21 bits per heavy atom. The summed E-state index contributed by atoms with van der Waals surface area (Å²) in [5.41, 5.74) is 0.947. The highest BCUT2D eigenvalue weighted by molar-refractivity contribution is 6.39. The minimum Gasteiger partial charge on any atom is -0.478 e. The van der Waals surface area contributed by atoms with Gasteiger partial charge in [0.05, 0.1) is 18.2 Å². The second-order valence-corrected chi connectivity index (χ2v) is 15.5. The molecule has 1 aliphatic heterocycles. The molecule has 0 saturated heterocycles. The van der Waals surface area contributed by atoms with E-state index in [0.717, 1.165) is 63.5 Å². The third-order valence-electron chi connectivity index (χ3n) is 9.46. The zero-order chi connectivity index (χ0) is 32.0. The molecular weight excluding hydrogens is 538 g/mol. The molecule has 0 bridgehead atoms. The van der Waals surface area contributed by atoms with Gasteiger partial charge in [-0.2, -0.15) is 0 Å². The van der Waals surface area contributed by atoms with E-state index in [2.05, 4.69) is 72.1 Å². The van der Waals surface area contributed by atoms with Crippen molar-refractivity contribution in [2.24, 2.45) is 27.7 Å². The Hall–Kier alpha value is -2.41. The zero-order valence-electron chi connectivity index (χ0n) is 28.5. The van der Waals surface area contributed by atoms with Crippen molar-refractivity contribution in [2.45, 2.75) is 125 Å². The fourth-order valence-corrected chi connectivity index (χ4v) is 6.68. The predicted molar refractivity (Wildman–Crippen MR) is 175 cm³/mol. The highest BCUT2D eigenvalue weighted by Gasteiger charge is 2.53. The van der Waals surface area contributed by atoms with Crippen LogP contribution >= 0.6 is 0 Å². The number of nitrogens with zero attached hydrogens (tertiary/aromatic N) is 3. The van der Waals surface area contributed by atoms with Gasteiger partial charge in [-0.25, -0.2) is 9.79 Å². The van der Waals surface area contributed by atoms with Crippen molar-refractivity contribution < 1.29 is 19.4 Å². The summed E-state index contributed by atoms with van der Waals surface area (Å²) >= 11 is 0. The average molecular weight is 598 g/mol. The van der Waals surface area contributed by atoms with Crippen LogP contribution in [0.1, 0.15) is 136 Å². The number of ether oxygens (including phenoxy) is 1. The van der Waals surface area contributed by atoms with Gasteiger partial charge in [0.1, 0.15) is 5.66 Å². The maximum Gasteiger partial charge on any atom is 0.335 e. The molecular formula is C36H59N3O4. The van der Waals surface area contributed by atoms with Gasteiger partial charge >= 0.3 is 5.97 Å². The normalized spacial score (nSPS) is 21.9. The number of amidine groups is 1. The number of likely N-dealkylation sites (N-methyl/N-ethyl adjacent to an activating group) is 1. The van der Waals surface area contributed by atoms with Crippen LogP contribution in [0.25, 0.3) is 0 Å². The van der Waals surface area contributed by atoms with E-state index in [1.165, 1.54) is 0 Å². The summed E-state index contributed by atoms with van der Waals surface area (Å²) in [6.07, 6.45) is 7.65. The Kier molecular flexibility index (Phi) is 11.9. The molecule has 1 spiro atoms. The predicted octanol–water partition coefficient (Wildman–Crippen LogP) is 8.20. The summed E-state index contributed by atoms with van der Waals surface area (Å²) in [5.74, 6) is 0.868. The number of carbonyl (C=O) groups is 2. The van der Waals surface area contributed by atoms with E-state index in [1.807, 2.05) is 12.1 Å². The summed E-state index contributed by atoms with van der Waals surface area (Å²) in [7, 11) is 0. The van der Waals surface area contributed by atoms with Gasteiger partial charge in [0, 0.05) is 19.7 Å². The first kappa shape index (κ1) is 35.1. The summed E-state index contributed by atoms with van der Waals surface area (Å²) in [4.78, 5) is 35.8. The standard InChI is InChI=1S/C36H59N3O4/c1-10-38(23-25-43-24-11-12-26(2)3)31-32(40)39(36(37-31)21-17-29(18-22-36)35(7,8)9)30(19-20-34(4,5)6)27-13-15-28(16-14-27)33(41)42/h13-16,26,29-30H,10-12,17-25H2,1-9H3,(H,41,42)/t29?,30-,36?/m1/s1. The number of carboxylic acid groups (broad SMARTS) is 1. The van der Waals surface area contributed by atoms with Crippen molar-refractivity contribution in [2.75, 3.05) is 26.3 Å². The molecule has 7 nitrogen and oxygen atoms in total. The fourth-order valence-electron chi connectivity index (χ4n) is 6.68. The number of aromatic carboxylic acids is 1. The van der Waals surface area contributed by atoms with Crippen LogP contribution < -0.4 is 0 Å². The van der Waals surface area contributed by atoms with Gasteiger partial charge < -0.3 is 19.6 Å². The lowest BCUT2D eigenvalue weighted by Crippen LogP contribution is -2.52. The van der Waals surface area contributed by atoms with Crippen molar-refractivity contribution in [3.8, 4) is 0 Å². The van der Waals surface area contributed by atoms with E-state index in [1.54, 1.807) is 12.1 Å². The molecule has 1 saturated carbocycles. The van der Waals surface area contributed by atoms with Crippen LogP contribution in [0.4, 0.5) is 0 Å². The Labute approximate surface area is 261 Å². The average Bonchev–Trinajstić information content (AvgIpc) is 3.18. The molecule has 0 radical (unpaired) electrons. The lowest BCUT2D eigenvalue weighted by molar-refractivity contribution is -0.134. The van der Waals surface area contributed by atoms with Gasteiger partial charge in [-0.05, 0) is 98.7 Å². The first-order chi connectivity index (χ1) is 20.1. The zero-order valence-corrected chi connectivity index (χ0v) is 28.5.